The summed E-state index contributed by atoms with van der Waals surface area (Å²) < 4.78 is 1.06. The maximum atomic E-state index is 11.4. The quantitative estimate of drug-likeness (QED) is 0.890. The molecule has 2 rings (SSSR count). The zero-order valence-electron chi connectivity index (χ0n) is 10.3. The van der Waals surface area contributed by atoms with Gasteiger partial charge in [0.1, 0.15) is 6.10 Å². The Morgan fingerprint density at radius 1 is 1.56 bits per heavy atom. The fourth-order valence-electron chi connectivity index (χ4n) is 2.13. The Hall–Kier alpha value is -1.07. The van der Waals surface area contributed by atoms with Crippen molar-refractivity contribution in [3.63, 3.8) is 0 Å². The van der Waals surface area contributed by atoms with Crippen LogP contribution < -0.4 is 10.2 Å². The van der Waals surface area contributed by atoms with Crippen LogP contribution in [0.2, 0.25) is 0 Å². The summed E-state index contributed by atoms with van der Waals surface area (Å²) in [6, 6.07) is 8.16. The normalized spacial score (nSPS) is 20.8. The second-order valence-corrected chi connectivity index (χ2v) is 5.42. The molecule has 4 nitrogen and oxygen atoms in total. The molecule has 0 bridgehead atoms. The van der Waals surface area contributed by atoms with E-state index in [1.54, 1.807) is 0 Å². The number of nitrogens with zero attached hydrogens (tertiary/aromatic N) is 1. The van der Waals surface area contributed by atoms with Gasteiger partial charge in [0.25, 0.3) is 0 Å². The van der Waals surface area contributed by atoms with E-state index in [-0.39, 0.29) is 11.9 Å². The lowest BCUT2D eigenvalue weighted by molar-refractivity contribution is -0.129. The van der Waals surface area contributed by atoms with Gasteiger partial charge in [-0.1, -0.05) is 12.1 Å². The number of amides is 1. The number of anilines is 1. The topological polar surface area (TPSA) is 52.6 Å². The van der Waals surface area contributed by atoms with E-state index < -0.39 is 6.10 Å². The second kappa shape index (κ2) is 5.71. The molecule has 0 saturated carbocycles. The molecule has 1 aromatic carbocycles. The van der Waals surface area contributed by atoms with Crippen LogP contribution in [0.1, 0.15) is 13.3 Å². The molecule has 0 radical (unpaired) electrons. The zero-order chi connectivity index (χ0) is 13.1. The van der Waals surface area contributed by atoms with E-state index in [2.05, 4.69) is 32.2 Å². The number of rotatable bonds is 3. The number of carbonyl (C=O) groups is 1. The summed E-state index contributed by atoms with van der Waals surface area (Å²) >= 11 is 3.53. The molecule has 98 valence electrons. The first kappa shape index (κ1) is 13.4. The monoisotopic (exact) mass is 312 g/mol. The van der Waals surface area contributed by atoms with Gasteiger partial charge in [-0.15, -0.1) is 0 Å². The minimum atomic E-state index is -0.942. The summed E-state index contributed by atoms with van der Waals surface area (Å²) in [4.78, 5) is 13.7. The summed E-state index contributed by atoms with van der Waals surface area (Å²) in [6.07, 6.45) is -0.0395. The molecule has 1 heterocycles. The van der Waals surface area contributed by atoms with Crippen molar-refractivity contribution >= 4 is 27.5 Å². The molecule has 0 aromatic heterocycles. The van der Waals surface area contributed by atoms with E-state index in [9.17, 15) is 9.90 Å². The summed E-state index contributed by atoms with van der Waals surface area (Å²) in [5.74, 6) is -0.297. The molecule has 18 heavy (non-hydrogen) atoms. The summed E-state index contributed by atoms with van der Waals surface area (Å²) in [6.45, 7) is 3.17. The molecule has 1 aliphatic rings. The highest BCUT2D eigenvalue weighted by Gasteiger charge is 2.25. The summed E-state index contributed by atoms with van der Waals surface area (Å²) in [7, 11) is 0. The van der Waals surface area contributed by atoms with Gasteiger partial charge in [-0.2, -0.15) is 0 Å². The van der Waals surface area contributed by atoms with Crippen LogP contribution in [-0.4, -0.2) is 36.2 Å². The predicted molar refractivity (Wildman–Crippen MR) is 74.6 cm³/mol. The smallest absolute Gasteiger partial charge is 0.248 e. The third-order valence-corrected chi connectivity index (χ3v) is 3.78. The van der Waals surface area contributed by atoms with Crippen LogP contribution in [0, 0.1) is 0 Å². The highest BCUT2D eigenvalue weighted by Crippen LogP contribution is 2.28. The van der Waals surface area contributed by atoms with Crippen molar-refractivity contribution in [3.05, 3.63) is 28.7 Å². The number of aliphatic hydroxyl groups is 1. The van der Waals surface area contributed by atoms with Gasteiger partial charge in [-0.3, -0.25) is 4.79 Å². The van der Waals surface area contributed by atoms with Crippen molar-refractivity contribution in [2.75, 3.05) is 18.0 Å². The number of para-hydroxylation sites is 1. The SMILES string of the molecule is C[C@H](O)C(=O)N[C@H]1CCN(c2ccccc2Br)C1. The van der Waals surface area contributed by atoms with Gasteiger partial charge in [-0.25, -0.2) is 0 Å². The lowest BCUT2D eigenvalue weighted by Gasteiger charge is -2.20. The molecule has 1 aromatic rings. The van der Waals surface area contributed by atoms with Gasteiger partial charge >= 0.3 is 0 Å². The average molecular weight is 313 g/mol. The molecule has 2 atom stereocenters. The van der Waals surface area contributed by atoms with E-state index in [0.29, 0.717) is 0 Å². The molecule has 0 aliphatic carbocycles. The van der Waals surface area contributed by atoms with Crippen molar-refractivity contribution in [2.45, 2.75) is 25.5 Å². The van der Waals surface area contributed by atoms with Gasteiger partial charge in [0, 0.05) is 23.6 Å². The first-order valence-corrected chi connectivity index (χ1v) is 6.85. The number of halogens is 1. The molecule has 1 fully saturated rings. The van der Waals surface area contributed by atoms with E-state index in [1.165, 1.54) is 6.92 Å². The van der Waals surface area contributed by atoms with E-state index in [0.717, 1.165) is 29.7 Å². The molecule has 2 N–H and O–H groups in total. The summed E-state index contributed by atoms with van der Waals surface area (Å²) in [5, 5.41) is 12.0. The molecule has 1 saturated heterocycles. The van der Waals surface area contributed by atoms with Crippen LogP contribution in [0.4, 0.5) is 5.69 Å². The van der Waals surface area contributed by atoms with Crippen molar-refractivity contribution in [1.29, 1.82) is 0 Å². The van der Waals surface area contributed by atoms with Gasteiger partial charge in [0.05, 0.1) is 5.69 Å². The Bertz CT molecular complexity index is 437. The largest absolute Gasteiger partial charge is 0.384 e. The molecule has 1 amide bonds. The lowest BCUT2D eigenvalue weighted by atomic mass is 10.2. The van der Waals surface area contributed by atoms with Crippen LogP contribution in [0.25, 0.3) is 0 Å². The molecular weight excluding hydrogens is 296 g/mol. The number of carbonyl (C=O) groups excluding carboxylic acids is 1. The fourth-order valence-corrected chi connectivity index (χ4v) is 2.66. The molecular formula is C13H17BrN2O2. The van der Waals surface area contributed by atoms with Crippen LogP contribution in [0.3, 0.4) is 0 Å². The fraction of sp³-hybridized carbons (Fsp3) is 0.462. The Kier molecular flexibility index (Phi) is 4.24. The highest BCUT2D eigenvalue weighted by atomic mass is 79.9. The number of nitrogens with one attached hydrogen (secondary N) is 1. The number of hydrogen-bond donors (Lipinski definition) is 2. The second-order valence-electron chi connectivity index (χ2n) is 4.57. The van der Waals surface area contributed by atoms with Gasteiger partial charge < -0.3 is 15.3 Å². The van der Waals surface area contributed by atoms with Crippen molar-refractivity contribution in [1.82, 2.24) is 5.32 Å². The van der Waals surface area contributed by atoms with Gasteiger partial charge in [0.15, 0.2) is 0 Å². The minimum Gasteiger partial charge on any atom is -0.384 e. The molecule has 0 unspecified atom stereocenters. The number of benzene rings is 1. The maximum Gasteiger partial charge on any atom is 0.248 e. The number of hydrogen-bond acceptors (Lipinski definition) is 3. The standard InChI is InChI=1S/C13H17BrN2O2/c1-9(17)13(18)15-10-6-7-16(8-10)12-5-3-2-4-11(12)14/h2-5,9-10,17H,6-8H2,1H3,(H,15,18)/t9-,10-/m0/s1. The van der Waals surface area contributed by atoms with Gasteiger partial charge in [-0.05, 0) is 41.4 Å². The number of aliphatic hydroxyl groups excluding tert-OH is 1. The first-order valence-electron chi connectivity index (χ1n) is 6.06. The summed E-state index contributed by atoms with van der Waals surface area (Å²) in [5.41, 5.74) is 1.14. The maximum absolute atomic E-state index is 11.4. The zero-order valence-corrected chi connectivity index (χ0v) is 11.9. The Morgan fingerprint density at radius 2 is 2.28 bits per heavy atom. The Labute approximate surface area is 115 Å². The third-order valence-electron chi connectivity index (χ3n) is 3.11. The highest BCUT2D eigenvalue weighted by molar-refractivity contribution is 9.10. The predicted octanol–water partition coefficient (Wildman–Crippen LogP) is 1.52. The average Bonchev–Trinajstić information content (AvgIpc) is 2.77. The minimum absolute atomic E-state index is 0.110. The molecule has 0 spiro atoms. The van der Waals surface area contributed by atoms with Gasteiger partial charge in [0.2, 0.25) is 5.91 Å². The third kappa shape index (κ3) is 3.03. The van der Waals surface area contributed by atoms with Crippen LogP contribution in [-0.2, 0) is 4.79 Å². The van der Waals surface area contributed by atoms with E-state index in [1.807, 2.05) is 18.2 Å². The van der Waals surface area contributed by atoms with E-state index >= 15 is 0 Å². The molecule has 5 heteroatoms. The Balaban J connectivity index is 1.97. The lowest BCUT2D eigenvalue weighted by Crippen LogP contribution is -2.41. The van der Waals surface area contributed by atoms with Crippen LogP contribution in [0.5, 0.6) is 0 Å². The van der Waals surface area contributed by atoms with Crippen molar-refractivity contribution < 1.29 is 9.90 Å². The van der Waals surface area contributed by atoms with Crippen LogP contribution in [0.15, 0.2) is 28.7 Å². The van der Waals surface area contributed by atoms with Crippen molar-refractivity contribution in [3.8, 4) is 0 Å². The van der Waals surface area contributed by atoms with Crippen molar-refractivity contribution in [2.24, 2.45) is 0 Å². The van der Waals surface area contributed by atoms with Crippen LogP contribution >= 0.6 is 15.9 Å². The molecule has 1 aliphatic heterocycles. The van der Waals surface area contributed by atoms with E-state index in [4.69, 9.17) is 0 Å². The Morgan fingerprint density at radius 3 is 2.94 bits per heavy atom. The first-order chi connectivity index (χ1) is 8.58.